The summed E-state index contributed by atoms with van der Waals surface area (Å²) in [5.74, 6) is 1.31. The normalized spacial score (nSPS) is 18.5. The number of H-pyrrole nitrogens is 1. The Morgan fingerprint density at radius 1 is 0.927 bits per heavy atom. The Morgan fingerprint density at radius 3 is 2.59 bits per heavy atom. The molecular formula is C34H33N3O4. The van der Waals surface area contributed by atoms with Gasteiger partial charge in [0.25, 0.3) is 5.91 Å². The minimum absolute atomic E-state index is 0.0301. The van der Waals surface area contributed by atoms with Crippen molar-refractivity contribution in [1.82, 2.24) is 15.2 Å². The summed E-state index contributed by atoms with van der Waals surface area (Å²) in [6.07, 6.45) is 9.94. The number of aromatic nitrogens is 1. The van der Waals surface area contributed by atoms with E-state index in [0.717, 1.165) is 47.3 Å². The second-order valence-electron chi connectivity index (χ2n) is 11.1. The van der Waals surface area contributed by atoms with Crippen LogP contribution in [0.15, 0.2) is 72.8 Å². The number of nitrogens with one attached hydrogen (secondary N) is 2. The molecule has 4 aromatic rings. The molecule has 2 amide bonds. The van der Waals surface area contributed by atoms with E-state index in [4.69, 9.17) is 9.47 Å². The number of carbonyl (C=O) groups is 2. The first-order chi connectivity index (χ1) is 20.1. The quantitative estimate of drug-likeness (QED) is 0.294. The van der Waals surface area contributed by atoms with Crippen molar-refractivity contribution in [3.8, 4) is 11.5 Å². The van der Waals surface area contributed by atoms with Crippen molar-refractivity contribution in [2.24, 2.45) is 0 Å². The maximum atomic E-state index is 13.7. The lowest BCUT2D eigenvalue weighted by atomic mass is 9.92. The van der Waals surface area contributed by atoms with Gasteiger partial charge < -0.3 is 24.7 Å². The van der Waals surface area contributed by atoms with Crippen LogP contribution in [-0.4, -0.2) is 41.1 Å². The van der Waals surface area contributed by atoms with E-state index >= 15 is 0 Å². The maximum absolute atomic E-state index is 13.7. The second kappa shape index (κ2) is 10.8. The van der Waals surface area contributed by atoms with Crippen LogP contribution in [0.2, 0.25) is 0 Å². The molecule has 1 aliphatic carbocycles. The van der Waals surface area contributed by atoms with Gasteiger partial charge in [-0.05, 0) is 72.4 Å². The molecular weight excluding hydrogens is 514 g/mol. The van der Waals surface area contributed by atoms with Crippen molar-refractivity contribution < 1.29 is 19.1 Å². The lowest BCUT2D eigenvalue weighted by Gasteiger charge is -2.35. The third kappa shape index (κ3) is 4.97. The third-order valence-electron chi connectivity index (χ3n) is 8.56. The van der Waals surface area contributed by atoms with Crippen LogP contribution in [0.25, 0.3) is 17.0 Å². The number of rotatable bonds is 5. The molecule has 7 heteroatoms. The van der Waals surface area contributed by atoms with Gasteiger partial charge in [0.05, 0.1) is 6.04 Å². The first-order valence-corrected chi connectivity index (χ1v) is 14.5. The molecule has 208 valence electrons. The molecule has 3 heterocycles. The maximum Gasteiger partial charge on any atom is 0.251 e. The zero-order chi connectivity index (χ0) is 27.8. The first kappa shape index (κ1) is 25.4. The van der Waals surface area contributed by atoms with E-state index in [1.807, 2.05) is 59.5 Å². The highest BCUT2D eigenvalue weighted by atomic mass is 16.7. The van der Waals surface area contributed by atoms with Crippen LogP contribution in [0.3, 0.4) is 0 Å². The fourth-order valence-electron chi connectivity index (χ4n) is 6.43. The predicted molar refractivity (Wildman–Crippen MR) is 158 cm³/mol. The molecule has 0 spiro atoms. The molecule has 1 saturated carbocycles. The Hall–Kier alpha value is -4.52. The third-order valence-corrected chi connectivity index (χ3v) is 8.56. The smallest absolute Gasteiger partial charge is 0.251 e. The molecule has 1 aromatic heterocycles. The molecule has 1 atom stereocenters. The van der Waals surface area contributed by atoms with E-state index in [9.17, 15) is 9.59 Å². The predicted octanol–water partition coefficient (Wildman–Crippen LogP) is 6.15. The number of nitrogens with zero attached hydrogens (tertiary/aromatic N) is 1. The largest absolute Gasteiger partial charge is 0.454 e. The van der Waals surface area contributed by atoms with Gasteiger partial charge in [0.15, 0.2) is 11.5 Å². The molecule has 3 aliphatic rings. The fraction of sp³-hybridized carbons (Fsp3) is 0.294. The van der Waals surface area contributed by atoms with Gasteiger partial charge in [0.1, 0.15) is 0 Å². The molecule has 0 bridgehead atoms. The Labute approximate surface area is 239 Å². The van der Waals surface area contributed by atoms with Crippen molar-refractivity contribution in [3.05, 3.63) is 101 Å². The summed E-state index contributed by atoms with van der Waals surface area (Å²) in [5, 5.41) is 4.36. The minimum atomic E-state index is -0.288. The van der Waals surface area contributed by atoms with Gasteiger partial charge >= 0.3 is 0 Å². The van der Waals surface area contributed by atoms with E-state index < -0.39 is 0 Å². The van der Waals surface area contributed by atoms with Gasteiger partial charge in [-0.3, -0.25) is 9.59 Å². The van der Waals surface area contributed by atoms with Gasteiger partial charge in [0, 0.05) is 40.8 Å². The zero-order valence-corrected chi connectivity index (χ0v) is 22.9. The number of hydrogen-bond acceptors (Lipinski definition) is 4. The summed E-state index contributed by atoms with van der Waals surface area (Å²) in [7, 11) is 0. The zero-order valence-electron chi connectivity index (χ0n) is 22.9. The summed E-state index contributed by atoms with van der Waals surface area (Å²) in [6.45, 7) is 0.797. The summed E-state index contributed by atoms with van der Waals surface area (Å²) < 4.78 is 11.2. The number of aromatic amines is 1. The Bertz CT molecular complexity index is 1630. The van der Waals surface area contributed by atoms with Crippen molar-refractivity contribution in [2.45, 2.75) is 50.6 Å². The van der Waals surface area contributed by atoms with Gasteiger partial charge in [0.2, 0.25) is 12.7 Å². The van der Waals surface area contributed by atoms with Crippen molar-refractivity contribution in [3.63, 3.8) is 0 Å². The first-order valence-electron chi connectivity index (χ1n) is 14.5. The second-order valence-corrected chi connectivity index (χ2v) is 11.1. The molecule has 2 aliphatic heterocycles. The van der Waals surface area contributed by atoms with E-state index in [2.05, 4.69) is 28.5 Å². The minimum Gasteiger partial charge on any atom is -0.454 e. The Morgan fingerprint density at radius 2 is 1.73 bits per heavy atom. The lowest BCUT2D eigenvalue weighted by molar-refractivity contribution is -0.128. The van der Waals surface area contributed by atoms with Crippen LogP contribution in [0.1, 0.15) is 70.9 Å². The summed E-state index contributed by atoms with van der Waals surface area (Å²) in [5.41, 5.74) is 5.84. The van der Waals surface area contributed by atoms with Gasteiger partial charge in [-0.15, -0.1) is 0 Å². The standard InChI is InChI=1S/C34H33N3O4/c38-31(17-12-22-10-13-23(14-11-22)34(39)35-25-6-2-1-3-7-25)37-19-18-27-26-8-4-5-9-28(26)36-32(27)33(37)24-15-16-29-30(20-24)41-21-40-29/h4-5,8-17,20,25,33,36H,1-3,6-7,18-19,21H2,(H,35,39). The van der Waals surface area contributed by atoms with Crippen LogP contribution < -0.4 is 14.8 Å². The van der Waals surface area contributed by atoms with Crippen LogP contribution >= 0.6 is 0 Å². The Balaban J connectivity index is 1.13. The molecule has 1 unspecified atom stereocenters. The van der Waals surface area contributed by atoms with Crippen molar-refractivity contribution >= 4 is 28.8 Å². The average molecular weight is 548 g/mol. The number of para-hydroxylation sites is 1. The van der Waals surface area contributed by atoms with Crippen LogP contribution in [0, 0.1) is 0 Å². The van der Waals surface area contributed by atoms with Gasteiger partial charge in [-0.25, -0.2) is 0 Å². The topological polar surface area (TPSA) is 83.7 Å². The molecule has 7 nitrogen and oxygen atoms in total. The molecule has 3 aromatic carbocycles. The van der Waals surface area contributed by atoms with E-state index in [1.165, 1.54) is 30.2 Å². The van der Waals surface area contributed by atoms with E-state index in [0.29, 0.717) is 17.9 Å². The molecule has 2 N–H and O–H groups in total. The van der Waals surface area contributed by atoms with Crippen LogP contribution in [0.5, 0.6) is 11.5 Å². The molecule has 1 fully saturated rings. The molecule has 0 saturated heterocycles. The Kier molecular flexibility index (Phi) is 6.71. The number of hydrogen-bond donors (Lipinski definition) is 2. The van der Waals surface area contributed by atoms with Gasteiger partial charge in [-0.1, -0.05) is 55.7 Å². The fourth-order valence-corrected chi connectivity index (χ4v) is 6.43. The highest BCUT2D eigenvalue weighted by molar-refractivity contribution is 5.95. The van der Waals surface area contributed by atoms with Crippen LogP contribution in [-0.2, 0) is 11.2 Å². The monoisotopic (exact) mass is 547 g/mol. The molecule has 0 radical (unpaired) electrons. The van der Waals surface area contributed by atoms with E-state index in [1.54, 1.807) is 6.08 Å². The number of benzene rings is 3. The summed E-state index contributed by atoms with van der Waals surface area (Å²) in [4.78, 5) is 31.9. The summed E-state index contributed by atoms with van der Waals surface area (Å²) >= 11 is 0. The van der Waals surface area contributed by atoms with Gasteiger partial charge in [-0.2, -0.15) is 0 Å². The number of fused-ring (bicyclic) bond motifs is 4. The molecule has 41 heavy (non-hydrogen) atoms. The van der Waals surface area contributed by atoms with Crippen molar-refractivity contribution in [1.29, 1.82) is 0 Å². The lowest BCUT2D eigenvalue weighted by Crippen LogP contribution is -2.39. The number of amides is 2. The SMILES string of the molecule is O=C(NC1CCCCC1)c1ccc(C=CC(=O)N2CCc3c([nH]c4ccccc34)C2c2ccc3c(c2)OCO3)cc1. The van der Waals surface area contributed by atoms with E-state index in [-0.39, 0.29) is 30.7 Å². The van der Waals surface area contributed by atoms with Crippen LogP contribution in [0.4, 0.5) is 0 Å². The number of ether oxygens (including phenoxy) is 2. The number of carbonyl (C=O) groups excluding carboxylic acids is 2. The summed E-state index contributed by atoms with van der Waals surface area (Å²) in [6, 6.07) is 21.6. The highest BCUT2D eigenvalue weighted by Gasteiger charge is 2.34. The average Bonchev–Trinajstić information content (AvgIpc) is 3.64. The molecule has 7 rings (SSSR count). The van der Waals surface area contributed by atoms with Crippen molar-refractivity contribution in [2.75, 3.05) is 13.3 Å². The highest BCUT2D eigenvalue weighted by Crippen LogP contribution is 2.42.